The average Bonchev–Trinajstić information content (AvgIpc) is 3.16. The second-order valence-corrected chi connectivity index (χ2v) is 8.82. The molecule has 2 aliphatic heterocycles. The van der Waals surface area contributed by atoms with E-state index in [0.29, 0.717) is 0 Å². The minimum Gasteiger partial charge on any atom is -0.387 e. The summed E-state index contributed by atoms with van der Waals surface area (Å²) in [5.74, 6) is -58.2. The second kappa shape index (κ2) is 8.82. The highest BCUT2D eigenvalue weighted by Gasteiger charge is 2.95. The highest BCUT2D eigenvalue weighted by atomic mass is 19.4. The molecule has 226 valence electrons. The lowest BCUT2D eigenvalue weighted by molar-refractivity contribution is -0.461. The fourth-order valence-electron chi connectivity index (χ4n) is 3.47. The third-order valence-corrected chi connectivity index (χ3v) is 5.64. The highest BCUT2D eigenvalue weighted by molar-refractivity contribution is 5.15. The summed E-state index contributed by atoms with van der Waals surface area (Å²) in [6.45, 7) is 2.55. The minimum atomic E-state index is -8.67. The van der Waals surface area contributed by atoms with Gasteiger partial charge in [-0.15, -0.1) is 0 Å². The van der Waals surface area contributed by atoms with Crippen molar-refractivity contribution in [2.45, 2.75) is 105 Å². The molecule has 0 aromatic carbocycles. The van der Waals surface area contributed by atoms with Crippen molar-refractivity contribution in [3.63, 3.8) is 0 Å². The molecule has 0 unspecified atom stereocenters. The Kier molecular flexibility index (Phi) is 7.63. The van der Waals surface area contributed by atoms with Crippen molar-refractivity contribution in [3.05, 3.63) is 0 Å². The number of aliphatic hydroxyl groups excluding tert-OH is 1. The summed E-state index contributed by atoms with van der Waals surface area (Å²) < 4.78 is 241. The Hall–Kier alpha value is -1.35. The first kappa shape index (κ1) is 32.9. The standard InChI is InChI=1S/C17H15F17O4/c1-9(2)37-7-6(35)5(36-8(7)38-9)3-4-10(18,19)11(20,21)12(22,23)13(24,25)14(26,27)15(28,29)16(30,31)17(32,33)34/h5-8,35H,3-4H2,1-2H3/t5-,6+,7-,8-/m1/s1. The Morgan fingerprint density at radius 1 is 0.605 bits per heavy atom. The molecule has 2 fully saturated rings. The Labute approximate surface area is 200 Å². The highest BCUT2D eigenvalue weighted by Crippen LogP contribution is 2.64. The molecule has 0 bridgehead atoms. The van der Waals surface area contributed by atoms with Crippen LogP contribution in [0.5, 0.6) is 0 Å². The Bertz CT molecular complexity index is 884. The third-order valence-electron chi connectivity index (χ3n) is 5.64. The summed E-state index contributed by atoms with van der Waals surface area (Å²) in [5, 5.41) is 9.94. The predicted octanol–water partition coefficient (Wildman–Crippen LogP) is 6.01. The molecule has 0 amide bonds. The van der Waals surface area contributed by atoms with E-state index in [4.69, 9.17) is 14.2 Å². The molecule has 0 spiro atoms. The molecule has 38 heavy (non-hydrogen) atoms. The Balaban J connectivity index is 2.33. The van der Waals surface area contributed by atoms with Crippen molar-refractivity contribution in [1.82, 2.24) is 0 Å². The van der Waals surface area contributed by atoms with Crippen molar-refractivity contribution < 1.29 is 94.0 Å². The summed E-state index contributed by atoms with van der Waals surface area (Å²) in [7, 11) is 0. The monoisotopic (exact) mass is 606 g/mol. The van der Waals surface area contributed by atoms with Crippen LogP contribution in [0.2, 0.25) is 0 Å². The third kappa shape index (κ3) is 4.47. The molecule has 4 atom stereocenters. The van der Waals surface area contributed by atoms with Gasteiger partial charge in [0.15, 0.2) is 12.1 Å². The van der Waals surface area contributed by atoms with Crippen LogP contribution >= 0.6 is 0 Å². The first-order valence-corrected chi connectivity index (χ1v) is 9.83. The van der Waals surface area contributed by atoms with Crippen LogP contribution in [0.3, 0.4) is 0 Å². The maximum absolute atomic E-state index is 14.0. The van der Waals surface area contributed by atoms with Crippen LogP contribution in [0.4, 0.5) is 74.6 Å². The van der Waals surface area contributed by atoms with Gasteiger partial charge in [0.1, 0.15) is 12.2 Å². The largest absolute Gasteiger partial charge is 0.460 e. The minimum absolute atomic E-state index is 1.28. The molecule has 0 saturated carbocycles. The van der Waals surface area contributed by atoms with E-state index in [0.717, 1.165) is 0 Å². The summed E-state index contributed by atoms with van der Waals surface area (Å²) in [6, 6.07) is 0. The lowest BCUT2D eigenvalue weighted by Crippen LogP contribution is -2.74. The topological polar surface area (TPSA) is 47.9 Å². The zero-order chi connectivity index (χ0) is 30.3. The van der Waals surface area contributed by atoms with Gasteiger partial charge in [0, 0.05) is 6.42 Å². The number of rotatable bonds is 9. The van der Waals surface area contributed by atoms with Crippen LogP contribution in [0.1, 0.15) is 26.7 Å². The van der Waals surface area contributed by atoms with Gasteiger partial charge >= 0.3 is 47.6 Å². The van der Waals surface area contributed by atoms with Gasteiger partial charge in [-0.25, -0.2) is 0 Å². The van der Waals surface area contributed by atoms with Gasteiger partial charge in [0.25, 0.3) is 0 Å². The Morgan fingerprint density at radius 3 is 1.39 bits per heavy atom. The normalized spacial score (nSPS) is 28.1. The molecular weight excluding hydrogens is 591 g/mol. The zero-order valence-electron chi connectivity index (χ0n) is 18.3. The SMILES string of the molecule is CC1(C)O[C@H]2O[C@H](CCC(F)(F)C(F)(F)C(F)(F)C(F)(F)C(F)(F)C(F)(F)C(F)(F)C(F)(F)F)[C@H](O)[C@H]2O1. The molecule has 2 heterocycles. The summed E-state index contributed by atoms with van der Waals surface area (Å²) in [6.07, 6.45) is -19.1. The van der Waals surface area contributed by atoms with E-state index in [1.807, 2.05) is 0 Å². The first-order valence-electron chi connectivity index (χ1n) is 9.83. The quantitative estimate of drug-likeness (QED) is 0.327. The molecular formula is C17H15F17O4. The van der Waals surface area contributed by atoms with Gasteiger partial charge in [-0.3, -0.25) is 0 Å². The Morgan fingerprint density at radius 2 is 1.00 bits per heavy atom. The van der Waals surface area contributed by atoms with E-state index < -0.39 is 90.9 Å². The first-order chi connectivity index (χ1) is 16.4. The number of alkyl halides is 17. The number of hydrogen-bond acceptors (Lipinski definition) is 4. The number of ether oxygens (including phenoxy) is 3. The number of hydrogen-bond donors (Lipinski definition) is 1. The molecule has 2 saturated heterocycles. The zero-order valence-corrected chi connectivity index (χ0v) is 18.3. The van der Waals surface area contributed by atoms with Gasteiger partial charge in [0.05, 0.1) is 6.10 Å². The van der Waals surface area contributed by atoms with Crippen LogP contribution in [-0.4, -0.2) is 83.1 Å². The van der Waals surface area contributed by atoms with Crippen molar-refractivity contribution in [2.24, 2.45) is 0 Å². The fourth-order valence-corrected chi connectivity index (χ4v) is 3.47. The predicted molar refractivity (Wildman–Crippen MR) is 84.6 cm³/mol. The second-order valence-electron chi connectivity index (χ2n) is 8.82. The number of halogens is 17. The molecule has 0 aromatic rings. The summed E-state index contributed by atoms with van der Waals surface area (Å²) in [4.78, 5) is 0. The average molecular weight is 606 g/mol. The van der Waals surface area contributed by atoms with Crippen LogP contribution < -0.4 is 0 Å². The van der Waals surface area contributed by atoms with Gasteiger partial charge in [-0.1, -0.05) is 0 Å². The van der Waals surface area contributed by atoms with E-state index in [1.165, 1.54) is 13.8 Å². The smallest absolute Gasteiger partial charge is 0.387 e. The summed E-state index contributed by atoms with van der Waals surface area (Å²) >= 11 is 0. The van der Waals surface area contributed by atoms with E-state index in [1.54, 1.807) is 0 Å². The van der Waals surface area contributed by atoms with Crippen LogP contribution in [0.25, 0.3) is 0 Å². The maximum Gasteiger partial charge on any atom is 0.460 e. The lowest BCUT2D eigenvalue weighted by Gasteiger charge is -2.43. The summed E-state index contributed by atoms with van der Waals surface area (Å²) in [5.41, 5.74) is 0. The van der Waals surface area contributed by atoms with E-state index in [-0.39, 0.29) is 0 Å². The molecule has 1 N–H and O–H groups in total. The fraction of sp³-hybridized carbons (Fsp3) is 1.00. The van der Waals surface area contributed by atoms with Crippen LogP contribution in [0, 0.1) is 0 Å². The molecule has 21 heteroatoms. The molecule has 2 rings (SSSR count). The molecule has 0 radical (unpaired) electrons. The molecule has 4 nitrogen and oxygen atoms in total. The van der Waals surface area contributed by atoms with Crippen LogP contribution in [0.15, 0.2) is 0 Å². The number of aliphatic hydroxyl groups is 1. The van der Waals surface area contributed by atoms with Gasteiger partial charge < -0.3 is 19.3 Å². The molecule has 2 aliphatic rings. The van der Waals surface area contributed by atoms with Crippen molar-refractivity contribution in [3.8, 4) is 0 Å². The van der Waals surface area contributed by atoms with Crippen molar-refractivity contribution in [2.75, 3.05) is 0 Å². The maximum atomic E-state index is 14.0. The van der Waals surface area contributed by atoms with Gasteiger partial charge in [0.2, 0.25) is 0 Å². The van der Waals surface area contributed by atoms with Crippen LogP contribution in [-0.2, 0) is 14.2 Å². The number of fused-ring (bicyclic) bond motifs is 1. The van der Waals surface area contributed by atoms with Gasteiger partial charge in [-0.05, 0) is 20.3 Å². The van der Waals surface area contributed by atoms with E-state index in [2.05, 4.69) is 0 Å². The molecule has 0 aromatic heterocycles. The molecule has 0 aliphatic carbocycles. The lowest BCUT2D eigenvalue weighted by atomic mass is 9.87. The van der Waals surface area contributed by atoms with Crippen molar-refractivity contribution in [1.29, 1.82) is 0 Å². The van der Waals surface area contributed by atoms with Crippen molar-refractivity contribution >= 4 is 0 Å². The van der Waals surface area contributed by atoms with Gasteiger partial charge in [-0.2, -0.15) is 74.6 Å². The van der Waals surface area contributed by atoms with E-state index >= 15 is 0 Å². The van der Waals surface area contributed by atoms with E-state index in [9.17, 15) is 79.7 Å².